The Labute approximate surface area is 389 Å². The zero-order valence-electron chi connectivity index (χ0n) is 41.7. The van der Waals surface area contributed by atoms with E-state index in [1.165, 1.54) is 141 Å². The first-order valence-corrected chi connectivity index (χ1v) is 27.1. The van der Waals surface area contributed by atoms with Crippen molar-refractivity contribution in [3.63, 3.8) is 0 Å². The SMILES string of the molecule is CCCCCCCCCCCCCCCCCC(=O)OCC(COC(=O)CCCCCCCCCCCCCCC)OC(=O)CCCCCCC/C=C\C/C=C(\CCCCC)OO. The third kappa shape index (κ3) is 47.4. The highest BCUT2D eigenvalue weighted by Crippen LogP contribution is 2.17. The summed E-state index contributed by atoms with van der Waals surface area (Å²) < 4.78 is 16.8. The van der Waals surface area contributed by atoms with Gasteiger partial charge in [-0.2, -0.15) is 0 Å². The number of rotatable bonds is 50. The molecular formula is C55H102O8. The summed E-state index contributed by atoms with van der Waals surface area (Å²) in [6, 6.07) is 0. The Kier molecular flexibility index (Phi) is 48.8. The van der Waals surface area contributed by atoms with Crippen LogP contribution in [0.5, 0.6) is 0 Å². The van der Waals surface area contributed by atoms with Gasteiger partial charge in [-0.3, -0.25) is 14.4 Å². The van der Waals surface area contributed by atoms with Crippen LogP contribution in [-0.4, -0.2) is 42.5 Å². The maximum atomic E-state index is 12.8. The molecule has 0 fully saturated rings. The lowest BCUT2D eigenvalue weighted by Crippen LogP contribution is -2.30. The summed E-state index contributed by atoms with van der Waals surface area (Å²) in [6.07, 6.45) is 52.4. The monoisotopic (exact) mass is 891 g/mol. The molecule has 0 radical (unpaired) electrons. The molecule has 0 aromatic heterocycles. The highest BCUT2D eigenvalue weighted by Gasteiger charge is 2.19. The van der Waals surface area contributed by atoms with Crippen molar-refractivity contribution in [1.29, 1.82) is 0 Å². The van der Waals surface area contributed by atoms with E-state index in [-0.39, 0.29) is 37.5 Å². The van der Waals surface area contributed by atoms with Gasteiger partial charge >= 0.3 is 17.9 Å². The maximum absolute atomic E-state index is 12.8. The zero-order chi connectivity index (χ0) is 45.9. The molecule has 1 atom stereocenters. The van der Waals surface area contributed by atoms with Crippen LogP contribution < -0.4 is 0 Å². The lowest BCUT2D eigenvalue weighted by Gasteiger charge is -2.18. The lowest BCUT2D eigenvalue weighted by molar-refractivity contribution is -0.206. The molecule has 63 heavy (non-hydrogen) atoms. The van der Waals surface area contributed by atoms with Gasteiger partial charge in [0.25, 0.3) is 0 Å². The Morgan fingerprint density at radius 3 is 1.10 bits per heavy atom. The van der Waals surface area contributed by atoms with Gasteiger partial charge in [-0.15, -0.1) is 0 Å². The smallest absolute Gasteiger partial charge is 0.306 e. The predicted octanol–water partition coefficient (Wildman–Crippen LogP) is 17.4. The van der Waals surface area contributed by atoms with Crippen LogP contribution in [0.2, 0.25) is 0 Å². The summed E-state index contributed by atoms with van der Waals surface area (Å²) in [7, 11) is 0. The average molecular weight is 891 g/mol. The van der Waals surface area contributed by atoms with E-state index in [4.69, 9.17) is 19.5 Å². The number of carbonyl (C=O) groups excluding carboxylic acids is 3. The molecule has 0 aliphatic rings. The highest BCUT2D eigenvalue weighted by molar-refractivity contribution is 5.71. The summed E-state index contributed by atoms with van der Waals surface area (Å²) >= 11 is 0. The van der Waals surface area contributed by atoms with Crippen molar-refractivity contribution in [2.45, 2.75) is 297 Å². The van der Waals surface area contributed by atoms with E-state index in [0.717, 1.165) is 109 Å². The summed E-state index contributed by atoms with van der Waals surface area (Å²) in [5, 5.41) is 9.05. The highest BCUT2D eigenvalue weighted by atomic mass is 17.1. The van der Waals surface area contributed by atoms with Crippen LogP contribution in [0.1, 0.15) is 290 Å². The number of ether oxygens (including phenoxy) is 3. The molecule has 0 saturated carbocycles. The van der Waals surface area contributed by atoms with Crippen LogP contribution in [0.4, 0.5) is 0 Å². The normalized spacial score (nSPS) is 12.2. The van der Waals surface area contributed by atoms with E-state index in [0.29, 0.717) is 18.6 Å². The van der Waals surface area contributed by atoms with Crippen molar-refractivity contribution in [2.24, 2.45) is 0 Å². The van der Waals surface area contributed by atoms with Crippen molar-refractivity contribution in [1.82, 2.24) is 0 Å². The Balaban J connectivity index is 4.43. The second kappa shape index (κ2) is 50.6. The molecule has 0 aliphatic carbocycles. The number of esters is 3. The molecule has 0 aliphatic heterocycles. The van der Waals surface area contributed by atoms with Crippen LogP contribution in [0.25, 0.3) is 0 Å². The third-order valence-electron chi connectivity index (χ3n) is 12.2. The molecule has 0 amide bonds. The van der Waals surface area contributed by atoms with Crippen molar-refractivity contribution in [2.75, 3.05) is 13.2 Å². The van der Waals surface area contributed by atoms with Crippen LogP contribution in [0.3, 0.4) is 0 Å². The van der Waals surface area contributed by atoms with E-state index in [9.17, 15) is 14.4 Å². The van der Waals surface area contributed by atoms with E-state index < -0.39 is 6.10 Å². The molecule has 8 heteroatoms. The largest absolute Gasteiger partial charge is 0.462 e. The first-order valence-electron chi connectivity index (χ1n) is 27.1. The maximum Gasteiger partial charge on any atom is 0.306 e. The minimum atomic E-state index is -0.795. The van der Waals surface area contributed by atoms with E-state index in [2.05, 4.69) is 37.8 Å². The fraction of sp³-hybridized carbons (Fsp3) is 0.873. The molecule has 1 N–H and O–H groups in total. The molecule has 0 heterocycles. The van der Waals surface area contributed by atoms with Crippen molar-refractivity contribution < 1.29 is 38.7 Å². The first kappa shape index (κ1) is 60.6. The van der Waals surface area contributed by atoms with Gasteiger partial charge in [-0.05, 0) is 51.0 Å². The van der Waals surface area contributed by atoms with Gasteiger partial charge < -0.3 is 19.1 Å². The minimum Gasteiger partial charge on any atom is -0.462 e. The quantitative estimate of drug-likeness (QED) is 0.0122. The predicted molar refractivity (Wildman–Crippen MR) is 264 cm³/mol. The molecule has 0 spiro atoms. The Bertz CT molecular complexity index is 1060. The molecule has 0 aromatic carbocycles. The average Bonchev–Trinajstić information content (AvgIpc) is 3.28. The summed E-state index contributed by atoms with van der Waals surface area (Å²) in [5.74, 6) is -0.281. The number of hydrogen-bond acceptors (Lipinski definition) is 8. The van der Waals surface area contributed by atoms with Gasteiger partial charge in [-0.1, -0.05) is 232 Å². The molecule has 0 aromatic rings. The lowest BCUT2D eigenvalue weighted by atomic mass is 10.0. The van der Waals surface area contributed by atoms with Crippen LogP contribution in [0.15, 0.2) is 24.0 Å². The fourth-order valence-corrected chi connectivity index (χ4v) is 8.01. The summed E-state index contributed by atoms with van der Waals surface area (Å²) in [4.78, 5) is 42.5. The first-order chi connectivity index (χ1) is 31.0. The van der Waals surface area contributed by atoms with Gasteiger partial charge in [0.05, 0.1) is 0 Å². The van der Waals surface area contributed by atoms with E-state index in [1.54, 1.807) is 0 Å². The number of hydrogen-bond donors (Lipinski definition) is 1. The molecule has 0 bridgehead atoms. The van der Waals surface area contributed by atoms with E-state index >= 15 is 0 Å². The third-order valence-corrected chi connectivity index (χ3v) is 12.2. The van der Waals surface area contributed by atoms with Gasteiger partial charge in [0.2, 0.25) is 0 Å². The second-order valence-electron chi connectivity index (χ2n) is 18.4. The Morgan fingerprint density at radius 1 is 0.397 bits per heavy atom. The molecule has 0 saturated heterocycles. The fourth-order valence-electron chi connectivity index (χ4n) is 8.01. The topological polar surface area (TPSA) is 108 Å². The molecule has 370 valence electrons. The van der Waals surface area contributed by atoms with Gasteiger partial charge in [0.1, 0.15) is 19.0 Å². The van der Waals surface area contributed by atoms with Crippen molar-refractivity contribution >= 4 is 17.9 Å². The number of allylic oxidation sites excluding steroid dienone is 4. The zero-order valence-corrected chi connectivity index (χ0v) is 41.7. The van der Waals surface area contributed by atoms with Crippen molar-refractivity contribution in [3.05, 3.63) is 24.0 Å². The Morgan fingerprint density at radius 2 is 0.714 bits per heavy atom. The molecule has 1 unspecified atom stereocenters. The van der Waals surface area contributed by atoms with Crippen LogP contribution in [-0.2, 0) is 33.5 Å². The number of unbranched alkanes of at least 4 members (excludes halogenated alkanes) is 33. The van der Waals surface area contributed by atoms with Gasteiger partial charge in [-0.25, -0.2) is 5.26 Å². The number of carbonyl (C=O) groups is 3. The van der Waals surface area contributed by atoms with Gasteiger partial charge in [0.15, 0.2) is 6.10 Å². The van der Waals surface area contributed by atoms with Crippen LogP contribution in [0, 0.1) is 0 Å². The second-order valence-corrected chi connectivity index (χ2v) is 18.4. The van der Waals surface area contributed by atoms with Crippen molar-refractivity contribution in [3.8, 4) is 0 Å². The molecular weight excluding hydrogens is 789 g/mol. The molecule has 0 rings (SSSR count). The van der Waals surface area contributed by atoms with Gasteiger partial charge in [0, 0.05) is 25.7 Å². The molecule has 8 nitrogen and oxygen atoms in total. The van der Waals surface area contributed by atoms with Crippen LogP contribution >= 0.6 is 0 Å². The standard InChI is InChI=1S/C55H102O8/c1-4-7-10-12-14-16-18-20-21-23-25-29-33-37-42-47-54(57)61-50-52(49-60-53(56)46-41-36-32-28-24-22-19-17-15-13-11-8-5-2)62-55(58)48-43-38-34-30-26-27-31-35-40-45-51(63-59)44-39-9-6-3/h31,35,45,52,59H,4-30,32-34,36-44,46-50H2,1-3H3/b35-31-,51-45+. The summed E-state index contributed by atoms with van der Waals surface area (Å²) in [5.41, 5.74) is 0. The Hall–Kier alpha value is -2.35. The summed E-state index contributed by atoms with van der Waals surface area (Å²) in [6.45, 7) is 6.50. The van der Waals surface area contributed by atoms with E-state index in [1.807, 2.05) is 6.08 Å². The minimum absolute atomic E-state index is 0.0914.